The van der Waals surface area contributed by atoms with Crippen molar-refractivity contribution in [2.75, 3.05) is 15.4 Å². The molecule has 0 fully saturated rings. The normalized spacial score (nSPS) is 11.2. The molecule has 3 aromatic carbocycles. The van der Waals surface area contributed by atoms with E-state index in [-0.39, 0.29) is 22.4 Å². The van der Waals surface area contributed by atoms with E-state index in [1.165, 1.54) is 31.2 Å². The van der Waals surface area contributed by atoms with Crippen molar-refractivity contribution in [1.82, 2.24) is 9.97 Å². The summed E-state index contributed by atoms with van der Waals surface area (Å²) in [5, 5.41) is 5.79. The molecule has 1 amide bonds. The number of fused-ring (bicyclic) bond motifs is 1. The van der Waals surface area contributed by atoms with Crippen molar-refractivity contribution < 1.29 is 13.2 Å². The number of para-hydroxylation sites is 3. The Labute approximate surface area is 198 Å². The molecule has 162 valence electrons. The van der Waals surface area contributed by atoms with Gasteiger partial charge < -0.3 is 10.6 Å². The summed E-state index contributed by atoms with van der Waals surface area (Å²) >= 11 is 2.19. The summed E-state index contributed by atoms with van der Waals surface area (Å²) < 4.78 is 29.6. The lowest BCUT2D eigenvalue weighted by molar-refractivity contribution is -0.114. The number of rotatable bonds is 6. The van der Waals surface area contributed by atoms with Crippen LogP contribution in [0.25, 0.3) is 11.0 Å². The molecule has 0 unspecified atom stereocenters. The molecule has 10 heteroatoms. The standard InChI is InChI=1S/C22H18IN5O3S/c1-14(29)24-15-10-12-16(13-11-15)32(30,31)28-22-21(25-18-7-3-2-6-17(18)23)26-19-8-4-5-9-20(19)27-22/h2-13H,1H3,(H,24,29)(H,25,26)(H,27,28). The number of nitrogens with one attached hydrogen (secondary N) is 3. The van der Waals surface area contributed by atoms with Crippen LogP contribution in [0.5, 0.6) is 0 Å². The van der Waals surface area contributed by atoms with Crippen LogP contribution in [0.3, 0.4) is 0 Å². The molecule has 0 aliphatic heterocycles. The summed E-state index contributed by atoms with van der Waals surface area (Å²) in [6, 6.07) is 20.7. The van der Waals surface area contributed by atoms with Gasteiger partial charge in [0.1, 0.15) is 0 Å². The molecular formula is C22H18IN5O3S. The van der Waals surface area contributed by atoms with E-state index in [4.69, 9.17) is 0 Å². The number of halogens is 1. The number of hydrogen-bond donors (Lipinski definition) is 3. The van der Waals surface area contributed by atoms with Gasteiger partial charge in [0.05, 0.1) is 21.6 Å². The lowest BCUT2D eigenvalue weighted by atomic mass is 10.3. The molecular weight excluding hydrogens is 541 g/mol. The monoisotopic (exact) mass is 559 g/mol. The summed E-state index contributed by atoms with van der Waals surface area (Å²) in [5.74, 6) is 0.122. The molecule has 1 heterocycles. The molecule has 0 radical (unpaired) electrons. The Kier molecular flexibility index (Phi) is 6.24. The zero-order valence-electron chi connectivity index (χ0n) is 16.8. The Morgan fingerprint density at radius 2 is 1.44 bits per heavy atom. The minimum absolute atomic E-state index is 0.0294. The van der Waals surface area contributed by atoms with Crippen LogP contribution in [-0.4, -0.2) is 24.3 Å². The maximum Gasteiger partial charge on any atom is 0.263 e. The third kappa shape index (κ3) is 4.97. The summed E-state index contributed by atoms with van der Waals surface area (Å²) in [4.78, 5) is 20.3. The quantitative estimate of drug-likeness (QED) is 0.295. The Morgan fingerprint density at radius 3 is 2.06 bits per heavy atom. The number of amides is 1. The molecule has 0 aliphatic rings. The van der Waals surface area contributed by atoms with Crippen molar-refractivity contribution in [1.29, 1.82) is 0 Å². The van der Waals surface area contributed by atoms with E-state index >= 15 is 0 Å². The van der Waals surface area contributed by atoms with Crippen LogP contribution < -0.4 is 15.4 Å². The van der Waals surface area contributed by atoms with Gasteiger partial charge in [-0.15, -0.1) is 0 Å². The molecule has 3 N–H and O–H groups in total. The number of nitrogens with zero attached hydrogens (tertiary/aromatic N) is 2. The summed E-state index contributed by atoms with van der Waals surface area (Å²) in [5.41, 5.74) is 2.46. The van der Waals surface area contributed by atoms with E-state index < -0.39 is 10.0 Å². The smallest absolute Gasteiger partial charge is 0.263 e. The van der Waals surface area contributed by atoms with Crippen LogP contribution in [0.4, 0.5) is 23.0 Å². The first-order chi connectivity index (χ1) is 15.3. The SMILES string of the molecule is CC(=O)Nc1ccc(S(=O)(=O)Nc2nc3ccccc3nc2Nc2ccccc2I)cc1. The molecule has 1 aromatic heterocycles. The van der Waals surface area contributed by atoms with Gasteiger partial charge in [0.15, 0.2) is 11.6 Å². The molecule has 4 rings (SSSR count). The third-order valence-corrected chi connectivity index (χ3v) is 6.71. The third-order valence-electron chi connectivity index (χ3n) is 4.41. The van der Waals surface area contributed by atoms with Crippen molar-refractivity contribution >= 4 is 72.6 Å². The fourth-order valence-electron chi connectivity index (χ4n) is 2.96. The zero-order chi connectivity index (χ0) is 22.7. The van der Waals surface area contributed by atoms with Gasteiger partial charge in [-0.05, 0) is 71.1 Å². The first kappa shape index (κ1) is 22.0. The van der Waals surface area contributed by atoms with Crippen LogP contribution in [0, 0.1) is 3.57 Å². The largest absolute Gasteiger partial charge is 0.336 e. The van der Waals surface area contributed by atoms with Crippen LogP contribution in [0.1, 0.15) is 6.92 Å². The summed E-state index contributed by atoms with van der Waals surface area (Å²) in [7, 11) is -3.96. The molecule has 8 nitrogen and oxygen atoms in total. The predicted octanol–water partition coefficient (Wildman–Crippen LogP) is 4.74. The van der Waals surface area contributed by atoms with Gasteiger partial charge in [-0.1, -0.05) is 24.3 Å². The Morgan fingerprint density at radius 1 is 0.844 bits per heavy atom. The molecule has 0 atom stereocenters. The fourth-order valence-corrected chi connectivity index (χ4v) is 4.49. The van der Waals surface area contributed by atoms with Crippen molar-refractivity contribution in [3.8, 4) is 0 Å². The van der Waals surface area contributed by atoms with E-state index in [0.717, 1.165) is 9.26 Å². The number of anilines is 4. The lowest BCUT2D eigenvalue weighted by Gasteiger charge is -2.15. The second-order valence-electron chi connectivity index (χ2n) is 6.83. The Hall–Kier alpha value is -3.25. The van der Waals surface area contributed by atoms with E-state index in [1.807, 2.05) is 42.5 Å². The highest BCUT2D eigenvalue weighted by atomic mass is 127. The number of hydrogen-bond acceptors (Lipinski definition) is 6. The second-order valence-corrected chi connectivity index (χ2v) is 9.67. The number of sulfonamides is 1. The van der Waals surface area contributed by atoms with Crippen molar-refractivity contribution in [3.05, 3.63) is 76.4 Å². The van der Waals surface area contributed by atoms with Gasteiger partial charge in [-0.2, -0.15) is 0 Å². The number of aromatic nitrogens is 2. The van der Waals surface area contributed by atoms with E-state index in [0.29, 0.717) is 16.7 Å². The van der Waals surface area contributed by atoms with Crippen molar-refractivity contribution in [3.63, 3.8) is 0 Å². The number of benzene rings is 3. The molecule has 0 aliphatic carbocycles. The van der Waals surface area contributed by atoms with E-state index in [9.17, 15) is 13.2 Å². The van der Waals surface area contributed by atoms with Crippen LogP contribution >= 0.6 is 22.6 Å². The Bertz CT molecular complexity index is 1410. The van der Waals surface area contributed by atoms with Gasteiger partial charge in [0.2, 0.25) is 5.91 Å². The van der Waals surface area contributed by atoms with Gasteiger partial charge in [-0.3, -0.25) is 9.52 Å². The number of carbonyl (C=O) groups is 1. The Balaban J connectivity index is 1.72. The van der Waals surface area contributed by atoms with Crippen molar-refractivity contribution in [2.24, 2.45) is 0 Å². The second kappa shape index (κ2) is 9.09. The van der Waals surface area contributed by atoms with E-state index in [2.05, 4.69) is 47.9 Å². The first-order valence-electron chi connectivity index (χ1n) is 9.51. The number of carbonyl (C=O) groups excluding carboxylic acids is 1. The average Bonchev–Trinajstić information content (AvgIpc) is 2.75. The minimum atomic E-state index is -3.96. The molecule has 32 heavy (non-hydrogen) atoms. The van der Waals surface area contributed by atoms with Crippen LogP contribution in [0.15, 0.2) is 77.7 Å². The van der Waals surface area contributed by atoms with Gasteiger partial charge in [-0.25, -0.2) is 18.4 Å². The maximum absolute atomic E-state index is 13.0. The predicted molar refractivity (Wildman–Crippen MR) is 134 cm³/mol. The van der Waals surface area contributed by atoms with Gasteiger partial charge >= 0.3 is 0 Å². The summed E-state index contributed by atoms with van der Waals surface area (Å²) in [6.07, 6.45) is 0. The molecule has 0 saturated carbocycles. The highest BCUT2D eigenvalue weighted by Crippen LogP contribution is 2.29. The molecule has 0 bridgehead atoms. The molecule has 0 spiro atoms. The average molecular weight is 559 g/mol. The van der Waals surface area contributed by atoms with E-state index in [1.54, 1.807) is 6.07 Å². The fraction of sp³-hybridized carbons (Fsp3) is 0.0455. The topological polar surface area (TPSA) is 113 Å². The van der Waals surface area contributed by atoms with Crippen molar-refractivity contribution in [2.45, 2.75) is 11.8 Å². The molecule has 4 aromatic rings. The molecule has 0 saturated heterocycles. The minimum Gasteiger partial charge on any atom is -0.336 e. The van der Waals surface area contributed by atoms with Crippen LogP contribution in [0.2, 0.25) is 0 Å². The van der Waals surface area contributed by atoms with Gasteiger partial charge in [0, 0.05) is 16.2 Å². The zero-order valence-corrected chi connectivity index (χ0v) is 19.8. The first-order valence-corrected chi connectivity index (χ1v) is 12.1. The lowest BCUT2D eigenvalue weighted by Crippen LogP contribution is -2.16. The van der Waals surface area contributed by atoms with Gasteiger partial charge in [0.25, 0.3) is 10.0 Å². The summed E-state index contributed by atoms with van der Waals surface area (Å²) in [6.45, 7) is 1.38. The highest BCUT2D eigenvalue weighted by Gasteiger charge is 2.19. The van der Waals surface area contributed by atoms with Crippen LogP contribution in [-0.2, 0) is 14.8 Å². The maximum atomic E-state index is 13.0. The highest BCUT2D eigenvalue weighted by molar-refractivity contribution is 14.1.